The zero-order valence-corrected chi connectivity index (χ0v) is 13.2. The summed E-state index contributed by atoms with van der Waals surface area (Å²) in [5, 5.41) is 17.3. The van der Waals surface area contributed by atoms with Crippen molar-refractivity contribution in [2.45, 2.75) is 25.7 Å². The summed E-state index contributed by atoms with van der Waals surface area (Å²) < 4.78 is 0. The van der Waals surface area contributed by atoms with Crippen molar-refractivity contribution in [3.8, 4) is 12.1 Å². The SMILES string of the molecule is [C-]#[N+]CCN(CCCCN(CCC#N)CCC#N)CC[N+]#[C-]. The van der Waals surface area contributed by atoms with Crippen molar-refractivity contribution in [3.05, 3.63) is 22.8 Å². The van der Waals surface area contributed by atoms with Gasteiger partial charge in [-0.25, -0.2) is 13.1 Å². The van der Waals surface area contributed by atoms with Gasteiger partial charge in [-0.05, 0) is 25.9 Å². The molecule has 0 amide bonds. The van der Waals surface area contributed by atoms with Gasteiger partial charge in [-0.15, -0.1) is 0 Å². The maximum Gasteiger partial charge on any atom is 0.227 e. The number of nitrogens with zero attached hydrogens (tertiary/aromatic N) is 6. The van der Waals surface area contributed by atoms with E-state index in [1.54, 1.807) is 0 Å². The highest BCUT2D eigenvalue weighted by atomic mass is 15.1. The van der Waals surface area contributed by atoms with Crippen molar-refractivity contribution in [1.82, 2.24) is 9.80 Å². The van der Waals surface area contributed by atoms with E-state index in [4.69, 9.17) is 23.7 Å². The van der Waals surface area contributed by atoms with Crippen LogP contribution in [0.1, 0.15) is 25.7 Å². The Morgan fingerprint density at radius 3 is 1.45 bits per heavy atom. The lowest BCUT2D eigenvalue weighted by atomic mass is 10.2. The molecule has 0 aromatic rings. The van der Waals surface area contributed by atoms with Crippen LogP contribution >= 0.6 is 0 Å². The molecule has 0 aromatic heterocycles. The Bertz CT molecular complexity index is 356. The summed E-state index contributed by atoms with van der Waals surface area (Å²) >= 11 is 0. The van der Waals surface area contributed by atoms with Gasteiger partial charge in [-0.3, -0.25) is 4.90 Å². The highest BCUT2D eigenvalue weighted by molar-refractivity contribution is 4.77. The number of unbranched alkanes of at least 4 members (excludes halogenated alkanes) is 1. The van der Waals surface area contributed by atoms with Gasteiger partial charge in [0.25, 0.3) is 0 Å². The van der Waals surface area contributed by atoms with Crippen LogP contribution in [-0.2, 0) is 0 Å². The topological polar surface area (TPSA) is 62.8 Å². The van der Waals surface area contributed by atoms with Crippen molar-refractivity contribution < 1.29 is 0 Å². The van der Waals surface area contributed by atoms with Gasteiger partial charge in [0.2, 0.25) is 13.1 Å². The molecule has 6 nitrogen and oxygen atoms in total. The summed E-state index contributed by atoms with van der Waals surface area (Å²) in [4.78, 5) is 11.1. The van der Waals surface area contributed by atoms with E-state index in [-0.39, 0.29) is 0 Å². The first-order valence-electron chi connectivity index (χ1n) is 7.63. The molecule has 0 aliphatic heterocycles. The molecule has 22 heavy (non-hydrogen) atoms. The summed E-state index contributed by atoms with van der Waals surface area (Å²) in [6, 6.07) is 4.28. The third-order valence-electron chi connectivity index (χ3n) is 3.33. The quantitative estimate of drug-likeness (QED) is 0.386. The Hall–Kier alpha value is -2.12. The van der Waals surface area contributed by atoms with Crippen molar-refractivity contribution in [2.24, 2.45) is 0 Å². The molecule has 0 saturated heterocycles. The minimum atomic E-state index is 0.481. The van der Waals surface area contributed by atoms with E-state index in [0.717, 1.165) is 52.1 Å². The lowest BCUT2D eigenvalue weighted by molar-refractivity contribution is 0.256. The van der Waals surface area contributed by atoms with Crippen LogP contribution in [0.25, 0.3) is 9.69 Å². The van der Waals surface area contributed by atoms with E-state index in [1.807, 2.05) is 0 Å². The van der Waals surface area contributed by atoms with E-state index in [9.17, 15) is 0 Å². The zero-order chi connectivity index (χ0) is 16.5. The average molecular weight is 300 g/mol. The van der Waals surface area contributed by atoms with Crippen LogP contribution in [0, 0.1) is 35.8 Å². The first-order valence-corrected chi connectivity index (χ1v) is 7.63. The van der Waals surface area contributed by atoms with Crippen LogP contribution in [0.15, 0.2) is 0 Å². The Labute approximate surface area is 134 Å². The lowest BCUT2D eigenvalue weighted by Gasteiger charge is -2.21. The molecule has 0 unspecified atom stereocenters. The predicted molar refractivity (Wildman–Crippen MR) is 85.5 cm³/mol. The first kappa shape index (κ1) is 19.9. The summed E-state index contributed by atoms with van der Waals surface area (Å²) in [5.41, 5.74) is 0. The van der Waals surface area contributed by atoms with Gasteiger partial charge in [0.15, 0.2) is 0 Å². The molecular weight excluding hydrogens is 276 g/mol. The van der Waals surface area contributed by atoms with Crippen molar-refractivity contribution in [3.63, 3.8) is 0 Å². The molecule has 0 spiro atoms. The molecular formula is C16H24N6. The normalized spacial score (nSPS) is 9.91. The molecule has 0 bridgehead atoms. The van der Waals surface area contributed by atoms with Crippen molar-refractivity contribution in [2.75, 3.05) is 52.4 Å². The van der Waals surface area contributed by atoms with Gasteiger partial charge >= 0.3 is 0 Å². The highest BCUT2D eigenvalue weighted by Crippen LogP contribution is 2.01. The van der Waals surface area contributed by atoms with Gasteiger partial charge in [0, 0.05) is 25.9 Å². The number of rotatable bonds is 13. The third kappa shape index (κ3) is 11.7. The Kier molecular flexibility index (Phi) is 13.8. The minimum Gasteiger partial charge on any atom is -0.316 e. The molecule has 0 aliphatic rings. The summed E-state index contributed by atoms with van der Waals surface area (Å²) in [5.74, 6) is 0. The van der Waals surface area contributed by atoms with Crippen LogP contribution in [0.3, 0.4) is 0 Å². The van der Waals surface area contributed by atoms with Gasteiger partial charge in [-0.1, -0.05) is 0 Å². The highest BCUT2D eigenvalue weighted by Gasteiger charge is 2.08. The monoisotopic (exact) mass is 300 g/mol. The number of hydrogen-bond donors (Lipinski definition) is 0. The Morgan fingerprint density at radius 2 is 1.09 bits per heavy atom. The molecule has 0 saturated carbocycles. The average Bonchev–Trinajstić information content (AvgIpc) is 2.54. The molecule has 0 rings (SSSR count). The standard InChI is InChI=1S/C16H24N6/c1-19-9-15-22(16-10-20-2)12-4-3-11-21(13-5-7-17)14-6-8-18/h3-6,9-16H2. The van der Waals surface area contributed by atoms with Crippen molar-refractivity contribution in [1.29, 1.82) is 10.5 Å². The zero-order valence-electron chi connectivity index (χ0n) is 13.2. The fourth-order valence-corrected chi connectivity index (χ4v) is 2.14. The van der Waals surface area contributed by atoms with E-state index < -0.39 is 0 Å². The second-order valence-corrected chi connectivity index (χ2v) is 4.97. The van der Waals surface area contributed by atoms with Crippen LogP contribution < -0.4 is 0 Å². The fourth-order valence-electron chi connectivity index (χ4n) is 2.14. The largest absolute Gasteiger partial charge is 0.316 e. The molecule has 0 aromatic carbocycles. The molecule has 0 atom stereocenters. The smallest absolute Gasteiger partial charge is 0.227 e. The maximum absolute atomic E-state index is 8.65. The van der Waals surface area contributed by atoms with E-state index in [2.05, 4.69) is 31.6 Å². The molecule has 0 heterocycles. The molecule has 0 N–H and O–H groups in total. The van der Waals surface area contributed by atoms with Crippen LogP contribution in [0.2, 0.25) is 0 Å². The molecule has 0 radical (unpaired) electrons. The molecule has 0 fully saturated rings. The van der Waals surface area contributed by atoms with E-state index in [0.29, 0.717) is 25.9 Å². The second-order valence-electron chi connectivity index (χ2n) is 4.97. The van der Waals surface area contributed by atoms with Crippen LogP contribution in [0.5, 0.6) is 0 Å². The van der Waals surface area contributed by atoms with Crippen molar-refractivity contribution >= 4 is 0 Å². The van der Waals surface area contributed by atoms with Crippen LogP contribution in [-0.4, -0.2) is 62.2 Å². The summed E-state index contributed by atoms with van der Waals surface area (Å²) in [6.07, 6.45) is 3.00. The lowest BCUT2D eigenvalue weighted by Crippen LogP contribution is -2.31. The predicted octanol–water partition coefficient (Wildman–Crippen LogP) is 2.04. The fraction of sp³-hybridized carbons (Fsp3) is 0.750. The molecule has 6 heteroatoms. The minimum absolute atomic E-state index is 0.481. The van der Waals surface area contributed by atoms with Gasteiger partial charge in [0.05, 0.1) is 25.2 Å². The molecule has 0 aliphatic carbocycles. The number of hydrogen-bond acceptors (Lipinski definition) is 4. The van der Waals surface area contributed by atoms with Gasteiger partial charge in [0.1, 0.15) is 0 Å². The second kappa shape index (κ2) is 15.3. The summed E-state index contributed by atoms with van der Waals surface area (Å²) in [7, 11) is 0. The summed E-state index contributed by atoms with van der Waals surface area (Å²) in [6.45, 7) is 19.3. The third-order valence-corrected chi connectivity index (χ3v) is 3.33. The van der Waals surface area contributed by atoms with Gasteiger partial charge < -0.3 is 14.6 Å². The first-order chi connectivity index (χ1) is 10.8. The van der Waals surface area contributed by atoms with E-state index >= 15 is 0 Å². The van der Waals surface area contributed by atoms with E-state index in [1.165, 1.54) is 0 Å². The molecule has 118 valence electrons. The van der Waals surface area contributed by atoms with Gasteiger partial charge in [-0.2, -0.15) is 10.5 Å². The van der Waals surface area contributed by atoms with Crippen LogP contribution in [0.4, 0.5) is 0 Å². The maximum atomic E-state index is 8.65. The Morgan fingerprint density at radius 1 is 0.682 bits per heavy atom. The number of nitriles is 2. The Balaban J connectivity index is 4.00.